The molecule has 1 amide bonds. The van der Waals surface area contributed by atoms with Crippen molar-refractivity contribution in [2.24, 2.45) is 0 Å². The molecule has 0 radical (unpaired) electrons. The van der Waals surface area contributed by atoms with Crippen molar-refractivity contribution in [2.45, 2.75) is 6.61 Å². The Balaban J connectivity index is 2.16. The Morgan fingerprint density at radius 1 is 1.35 bits per heavy atom. The molecule has 0 saturated heterocycles. The van der Waals surface area contributed by atoms with Gasteiger partial charge in [-0.2, -0.15) is 8.78 Å². The molecule has 23 heavy (non-hydrogen) atoms. The third kappa shape index (κ3) is 4.49. The molecule has 0 spiro atoms. The van der Waals surface area contributed by atoms with Crippen molar-refractivity contribution in [2.75, 3.05) is 14.2 Å². The highest BCUT2D eigenvalue weighted by atomic mass is 32.1. The van der Waals surface area contributed by atoms with Crippen LogP contribution in [0.4, 0.5) is 8.78 Å². The number of halogens is 2. The number of ether oxygens (including phenoxy) is 2. The lowest BCUT2D eigenvalue weighted by atomic mass is 10.2. The molecular weight excluding hydrogens is 326 g/mol. The van der Waals surface area contributed by atoms with Gasteiger partial charge in [-0.3, -0.25) is 4.79 Å². The standard InChI is InChI=1S/C15H14F2N2O3S/c1-18-14(20)12-8-19-13(23-12)6-4-9-3-5-10(22-15(16)17)11(7-9)21-2/h3-8,15H,1-2H3,(H,18,20)/b6-4+. The highest BCUT2D eigenvalue weighted by molar-refractivity contribution is 7.14. The molecule has 2 rings (SSSR count). The van der Waals surface area contributed by atoms with Crippen molar-refractivity contribution in [3.05, 3.63) is 39.8 Å². The molecule has 1 aromatic heterocycles. The molecule has 0 unspecified atom stereocenters. The highest BCUT2D eigenvalue weighted by Crippen LogP contribution is 2.30. The molecular formula is C15H14F2N2O3S. The van der Waals surface area contributed by atoms with Crippen LogP contribution in [0, 0.1) is 0 Å². The summed E-state index contributed by atoms with van der Waals surface area (Å²) in [6.07, 6.45) is 4.95. The predicted octanol–water partition coefficient (Wildman–Crippen LogP) is 3.28. The van der Waals surface area contributed by atoms with Crippen molar-refractivity contribution in [1.29, 1.82) is 0 Å². The maximum atomic E-state index is 12.3. The number of thiazole rings is 1. The van der Waals surface area contributed by atoms with Gasteiger partial charge in [-0.05, 0) is 23.8 Å². The zero-order chi connectivity index (χ0) is 16.8. The van der Waals surface area contributed by atoms with E-state index in [1.54, 1.807) is 31.3 Å². The fourth-order valence-electron chi connectivity index (χ4n) is 1.74. The third-order valence-electron chi connectivity index (χ3n) is 2.80. The molecule has 0 aliphatic rings. The fraction of sp³-hybridized carbons (Fsp3) is 0.200. The summed E-state index contributed by atoms with van der Waals surface area (Å²) < 4.78 is 33.9. The van der Waals surface area contributed by atoms with Crippen molar-refractivity contribution in [3.63, 3.8) is 0 Å². The predicted molar refractivity (Wildman–Crippen MR) is 84.1 cm³/mol. The summed E-state index contributed by atoms with van der Waals surface area (Å²) in [5, 5.41) is 3.17. The van der Waals surface area contributed by atoms with E-state index < -0.39 is 6.61 Å². The summed E-state index contributed by atoms with van der Waals surface area (Å²) in [6, 6.07) is 4.59. The molecule has 122 valence electrons. The summed E-state index contributed by atoms with van der Waals surface area (Å²) >= 11 is 1.24. The lowest BCUT2D eigenvalue weighted by molar-refractivity contribution is -0.0512. The largest absolute Gasteiger partial charge is 0.493 e. The van der Waals surface area contributed by atoms with Crippen LogP contribution in [0.1, 0.15) is 20.2 Å². The van der Waals surface area contributed by atoms with Crippen LogP contribution in [-0.2, 0) is 0 Å². The minimum Gasteiger partial charge on any atom is -0.493 e. The monoisotopic (exact) mass is 340 g/mol. The van der Waals surface area contributed by atoms with Crippen molar-refractivity contribution < 1.29 is 23.0 Å². The van der Waals surface area contributed by atoms with Gasteiger partial charge in [0, 0.05) is 7.05 Å². The molecule has 0 saturated carbocycles. The van der Waals surface area contributed by atoms with E-state index in [1.807, 2.05) is 0 Å². The SMILES string of the molecule is CNC(=O)c1cnc(/C=C/c2ccc(OC(F)F)c(OC)c2)s1. The number of aromatic nitrogens is 1. The molecule has 0 fully saturated rings. The smallest absolute Gasteiger partial charge is 0.387 e. The maximum absolute atomic E-state index is 12.3. The van der Waals surface area contributed by atoms with Crippen LogP contribution < -0.4 is 14.8 Å². The number of nitrogens with zero attached hydrogens (tertiary/aromatic N) is 1. The third-order valence-corrected chi connectivity index (χ3v) is 3.76. The molecule has 8 heteroatoms. The Morgan fingerprint density at radius 3 is 2.78 bits per heavy atom. The number of hydrogen-bond donors (Lipinski definition) is 1. The van der Waals surface area contributed by atoms with E-state index in [9.17, 15) is 13.6 Å². The first-order valence-electron chi connectivity index (χ1n) is 6.52. The van der Waals surface area contributed by atoms with Gasteiger partial charge >= 0.3 is 6.61 Å². The first kappa shape index (κ1) is 16.9. The van der Waals surface area contributed by atoms with E-state index in [0.29, 0.717) is 9.88 Å². The van der Waals surface area contributed by atoms with Crippen LogP contribution in [0.5, 0.6) is 11.5 Å². The molecule has 0 aliphatic heterocycles. The van der Waals surface area contributed by atoms with E-state index in [-0.39, 0.29) is 17.4 Å². The van der Waals surface area contributed by atoms with Gasteiger partial charge in [0.2, 0.25) is 0 Å². The van der Waals surface area contributed by atoms with Gasteiger partial charge in [-0.25, -0.2) is 4.98 Å². The number of carbonyl (C=O) groups is 1. The molecule has 2 aromatic rings. The molecule has 0 atom stereocenters. The van der Waals surface area contributed by atoms with Crippen LogP contribution in [0.15, 0.2) is 24.4 Å². The Labute approximate surface area is 135 Å². The Hall–Kier alpha value is -2.48. The lowest BCUT2D eigenvalue weighted by Gasteiger charge is -2.10. The van der Waals surface area contributed by atoms with Crippen LogP contribution >= 0.6 is 11.3 Å². The topological polar surface area (TPSA) is 60.5 Å². The van der Waals surface area contributed by atoms with Gasteiger partial charge in [0.15, 0.2) is 11.5 Å². The number of methoxy groups -OCH3 is 1. The normalized spacial score (nSPS) is 11.0. The molecule has 1 N–H and O–H groups in total. The quantitative estimate of drug-likeness (QED) is 0.877. The average Bonchev–Trinajstić information content (AvgIpc) is 3.01. The number of benzene rings is 1. The summed E-state index contributed by atoms with van der Waals surface area (Å²) in [4.78, 5) is 16.1. The van der Waals surface area contributed by atoms with Gasteiger partial charge in [-0.1, -0.05) is 12.1 Å². The Kier molecular flexibility index (Phi) is 5.64. The zero-order valence-corrected chi connectivity index (χ0v) is 13.2. The van der Waals surface area contributed by atoms with Crippen LogP contribution in [0.25, 0.3) is 12.2 Å². The fourth-order valence-corrected chi connectivity index (χ4v) is 2.51. The lowest BCUT2D eigenvalue weighted by Crippen LogP contribution is -2.16. The summed E-state index contributed by atoms with van der Waals surface area (Å²) in [5.74, 6) is -0.0224. The molecule has 1 heterocycles. The Bertz CT molecular complexity index is 716. The molecule has 0 aliphatic carbocycles. The van der Waals surface area contributed by atoms with E-state index in [4.69, 9.17) is 4.74 Å². The zero-order valence-electron chi connectivity index (χ0n) is 12.4. The second-order valence-electron chi connectivity index (χ2n) is 4.26. The van der Waals surface area contributed by atoms with Crippen LogP contribution in [0.2, 0.25) is 0 Å². The summed E-state index contributed by atoms with van der Waals surface area (Å²) in [6.45, 7) is -2.91. The number of carbonyl (C=O) groups excluding carboxylic acids is 1. The van der Waals surface area contributed by atoms with Gasteiger partial charge in [0.1, 0.15) is 9.88 Å². The first-order valence-corrected chi connectivity index (χ1v) is 7.34. The van der Waals surface area contributed by atoms with Crippen LogP contribution in [-0.4, -0.2) is 31.7 Å². The minimum atomic E-state index is -2.91. The number of alkyl halides is 2. The van der Waals surface area contributed by atoms with E-state index in [2.05, 4.69) is 15.0 Å². The number of hydrogen-bond acceptors (Lipinski definition) is 5. The molecule has 5 nitrogen and oxygen atoms in total. The first-order chi connectivity index (χ1) is 11.0. The average molecular weight is 340 g/mol. The van der Waals surface area contributed by atoms with Gasteiger partial charge in [0.05, 0.1) is 13.3 Å². The number of nitrogens with one attached hydrogen (secondary N) is 1. The summed E-state index contributed by atoms with van der Waals surface area (Å²) in [7, 11) is 2.92. The second kappa shape index (κ2) is 7.68. The van der Waals surface area contributed by atoms with Crippen molar-refractivity contribution >= 4 is 29.4 Å². The van der Waals surface area contributed by atoms with Crippen LogP contribution in [0.3, 0.4) is 0 Å². The molecule has 1 aromatic carbocycles. The second-order valence-corrected chi connectivity index (χ2v) is 5.33. The van der Waals surface area contributed by atoms with Crippen molar-refractivity contribution in [1.82, 2.24) is 10.3 Å². The van der Waals surface area contributed by atoms with Gasteiger partial charge in [-0.15, -0.1) is 11.3 Å². The summed E-state index contributed by atoms with van der Waals surface area (Å²) in [5.41, 5.74) is 0.722. The van der Waals surface area contributed by atoms with Crippen molar-refractivity contribution in [3.8, 4) is 11.5 Å². The number of rotatable bonds is 6. The highest BCUT2D eigenvalue weighted by Gasteiger charge is 2.10. The maximum Gasteiger partial charge on any atom is 0.387 e. The minimum absolute atomic E-state index is 0.0317. The van der Waals surface area contributed by atoms with E-state index in [0.717, 1.165) is 5.56 Å². The van der Waals surface area contributed by atoms with E-state index >= 15 is 0 Å². The van der Waals surface area contributed by atoms with E-state index in [1.165, 1.54) is 30.7 Å². The Morgan fingerprint density at radius 2 is 2.13 bits per heavy atom. The molecule has 0 bridgehead atoms. The number of amides is 1. The van der Waals surface area contributed by atoms with Gasteiger partial charge in [0.25, 0.3) is 5.91 Å². The van der Waals surface area contributed by atoms with Gasteiger partial charge < -0.3 is 14.8 Å².